The quantitative estimate of drug-likeness (QED) is 0.163. The van der Waals surface area contributed by atoms with E-state index in [0.29, 0.717) is 22.6 Å². The van der Waals surface area contributed by atoms with Crippen LogP contribution in [0.2, 0.25) is 10.0 Å². The summed E-state index contributed by atoms with van der Waals surface area (Å²) >= 11 is 12.3. The molecule has 5 rings (SSSR count). The fraction of sp³-hybridized carbons (Fsp3) is 0.167. The van der Waals surface area contributed by atoms with E-state index >= 15 is 0 Å². The average Bonchev–Trinajstić information content (AvgIpc) is 3.35. The summed E-state index contributed by atoms with van der Waals surface area (Å²) in [7, 11) is -3.94. The molecule has 0 unspecified atom stereocenters. The number of nitrogens with zero attached hydrogens (tertiary/aromatic N) is 2. The van der Waals surface area contributed by atoms with Crippen LogP contribution in [0.5, 0.6) is 5.75 Å². The fourth-order valence-electron chi connectivity index (χ4n) is 4.37. The van der Waals surface area contributed by atoms with Crippen molar-refractivity contribution in [2.75, 3.05) is 4.72 Å². The van der Waals surface area contributed by atoms with Crippen LogP contribution in [-0.4, -0.2) is 29.6 Å². The topological polar surface area (TPSA) is 132 Å². The number of aromatic carboxylic acids is 1. The minimum absolute atomic E-state index is 0.00722. The number of nitrogens with one attached hydrogen (secondary N) is 1. The molecule has 2 N–H and O–H groups in total. The molecule has 0 fully saturated rings. The molecule has 9 nitrogen and oxygen atoms in total. The van der Waals surface area contributed by atoms with E-state index < -0.39 is 21.7 Å². The minimum Gasteiger partial charge on any atom is -0.489 e. The van der Waals surface area contributed by atoms with E-state index in [9.17, 15) is 13.2 Å². The number of benzene rings is 3. The molecule has 5 aromatic rings. The summed E-state index contributed by atoms with van der Waals surface area (Å²) in [5, 5.41) is 14.4. The predicted octanol–water partition coefficient (Wildman–Crippen LogP) is 7.54. The van der Waals surface area contributed by atoms with E-state index in [1.807, 2.05) is 50.2 Å². The van der Waals surface area contributed by atoms with Gasteiger partial charge in [-0.2, -0.15) is 0 Å². The lowest BCUT2D eigenvalue weighted by Crippen LogP contribution is -2.17. The Kier molecular flexibility index (Phi) is 8.40. The fourth-order valence-corrected chi connectivity index (χ4v) is 6.16. The highest BCUT2D eigenvalue weighted by atomic mass is 35.5. The molecule has 0 aliphatic carbocycles. The van der Waals surface area contributed by atoms with Crippen molar-refractivity contribution in [1.82, 2.24) is 10.1 Å². The summed E-state index contributed by atoms with van der Waals surface area (Å²) in [5.41, 5.74) is 3.31. The largest absolute Gasteiger partial charge is 0.489 e. The maximum Gasteiger partial charge on any atom is 0.354 e. The zero-order valence-corrected chi connectivity index (χ0v) is 24.8. The number of fused-ring (bicyclic) bond motifs is 1. The Bertz CT molecular complexity index is 1870. The summed E-state index contributed by atoms with van der Waals surface area (Å²) < 4.78 is 40.0. The first kappa shape index (κ1) is 29.4. The maximum absolute atomic E-state index is 13.0. The molecule has 2 heterocycles. The van der Waals surface area contributed by atoms with Crippen LogP contribution in [0.15, 0.2) is 77.3 Å². The second-order valence-corrected chi connectivity index (χ2v) is 12.3. The third-order valence-corrected chi connectivity index (χ3v) is 8.25. The lowest BCUT2D eigenvalue weighted by atomic mass is 10.0. The molecule has 3 aromatic carbocycles. The maximum atomic E-state index is 13.0. The first-order valence-electron chi connectivity index (χ1n) is 12.8. The molecule has 0 saturated heterocycles. The number of carboxylic acids is 1. The van der Waals surface area contributed by atoms with Crippen molar-refractivity contribution in [2.45, 2.75) is 32.1 Å². The monoisotopic (exact) mass is 625 g/mol. The second-order valence-electron chi connectivity index (χ2n) is 9.81. The molecule has 2 aromatic heterocycles. The van der Waals surface area contributed by atoms with Gasteiger partial charge in [-0.3, -0.25) is 4.72 Å². The molecule has 216 valence electrons. The number of hydrogen-bond acceptors (Lipinski definition) is 7. The van der Waals surface area contributed by atoms with E-state index in [0.717, 1.165) is 16.5 Å². The van der Waals surface area contributed by atoms with Crippen molar-refractivity contribution >= 4 is 55.8 Å². The highest BCUT2D eigenvalue weighted by molar-refractivity contribution is 7.91. The molecule has 0 aliphatic rings. The molecule has 0 amide bonds. The van der Waals surface area contributed by atoms with Crippen LogP contribution in [0, 0.1) is 0 Å². The molecular weight excluding hydrogens is 601 g/mol. The molecule has 0 atom stereocenters. The zero-order chi connectivity index (χ0) is 30.0. The van der Waals surface area contributed by atoms with E-state index in [1.165, 1.54) is 18.2 Å². The number of halogens is 2. The minimum atomic E-state index is -3.94. The van der Waals surface area contributed by atoms with Crippen molar-refractivity contribution in [3.63, 3.8) is 0 Å². The Morgan fingerprint density at radius 1 is 1.00 bits per heavy atom. The van der Waals surface area contributed by atoms with Gasteiger partial charge in [0.2, 0.25) is 10.0 Å². The van der Waals surface area contributed by atoms with Crippen LogP contribution in [0.3, 0.4) is 0 Å². The summed E-state index contributed by atoms with van der Waals surface area (Å²) in [6, 6.07) is 20.9. The van der Waals surface area contributed by atoms with E-state index in [-0.39, 0.29) is 39.6 Å². The van der Waals surface area contributed by atoms with E-state index in [4.69, 9.17) is 37.6 Å². The van der Waals surface area contributed by atoms with Crippen LogP contribution in [0.1, 0.15) is 47.3 Å². The third kappa shape index (κ3) is 6.51. The van der Waals surface area contributed by atoms with Gasteiger partial charge in [0.05, 0.1) is 26.8 Å². The number of carboxylic acid groups (broad SMARTS) is 1. The Balaban J connectivity index is 1.32. The molecule has 0 spiro atoms. The van der Waals surface area contributed by atoms with E-state index in [2.05, 4.69) is 14.9 Å². The number of ether oxygens (including phenoxy) is 1. The van der Waals surface area contributed by atoms with Crippen LogP contribution in [-0.2, 0) is 22.4 Å². The summed E-state index contributed by atoms with van der Waals surface area (Å²) in [4.78, 5) is 15.4. The number of anilines is 1. The molecular formula is C30H25Cl2N3O6S. The van der Waals surface area contributed by atoms with Gasteiger partial charge in [-0.15, -0.1) is 0 Å². The van der Waals surface area contributed by atoms with Gasteiger partial charge in [0.15, 0.2) is 0 Å². The highest BCUT2D eigenvalue weighted by Gasteiger charge is 2.25. The number of carbonyl (C=O) groups is 1. The molecule has 0 bridgehead atoms. The highest BCUT2D eigenvalue weighted by Crippen LogP contribution is 2.32. The first-order valence-corrected chi connectivity index (χ1v) is 15.2. The van der Waals surface area contributed by atoms with Crippen molar-refractivity contribution < 1.29 is 27.6 Å². The Labute approximate surface area is 252 Å². The number of pyridine rings is 1. The SMILES string of the molecule is CC(C)c1onc(CS(=O)(=O)Nc2c(Cl)cccc2Cl)c1COc1ccc(-c2ccc3nc(C(=O)O)ccc3c2)cc1. The van der Waals surface area contributed by atoms with Crippen molar-refractivity contribution in [1.29, 1.82) is 0 Å². The van der Waals surface area contributed by atoms with Crippen LogP contribution >= 0.6 is 23.2 Å². The van der Waals surface area contributed by atoms with Crippen LogP contribution in [0.4, 0.5) is 5.69 Å². The van der Waals surface area contributed by atoms with Crippen molar-refractivity contribution in [2.24, 2.45) is 0 Å². The van der Waals surface area contributed by atoms with Crippen LogP contribution in [0.25, 0.3) is 22.0 Å². The van der Waals surface area contributed by atoms with Crippen molar-refractivity contribution in [3.05, 3.63) is 106 Å². The zero-order valence-electron chi connectivity index (χ0n) is 22.5. The number of rotatable bonds is 10. The number of sulfonamides is 1. The summed E-state index contributed by atoms with van der Waals surface area (Å²) in [5.74, 6) is -0.500. The number of para-hydroxylation sites is 1. The third-order valence-electron chi connectivity index (χ3n) is 6.45. The Morgan fingerprint density at radius 2 is 1.69 bits per heavy atom. The molecule has 42 heavy (non-hydrogen) atoms. The molecule has 0 aliphatic heterocycles. The summed E-state index contributed by atoms with van der Waals surface area (Å²) in [6.07, 6.45) is 0. The Hall–Kier alpha value is -4.12. The molecule has 0 radical (unpaired) electrons. The van der Waals surface area contributed by atoms with Crippen LogP contribution < -0.4 is 9.46 Å². The van der Waals surface area contributed by atoms with Gasteiger partial charge in [-0.25, -0.2) is 18.2 Å². The number of hydrogen-bond donors (Lipinski definition) is 2. The standard InChI is InChI=1S/C30H25Cl2N3O6S/c1-17(2)29-22(27(34-41-29)16-42(38,39)35-28-23(31)4-3-5-24(28)32)15-40-21-10-6-18(7-11-21)19-8-12-25-20(14-19)9-13-26(33-25)30(36)37/h3-14,17,35H,15-16H2,1-2H3,(H,36,37). The lowest BCUT2D eigenvalue weighted by Gasteiger charge is -2.12. The van der Waals surface area contributed by atoms with Crippen molar-refractivity contribution in [3.8, 4) is 16.9 Å². The summed E-state index contributed by atoms with van der Waals surface area (Å²) in [6.45, 7) is 3.88. The normalized spacial score (nSPS) is 11.6. The first-order chi connectivity index (χ1) is 20.0. The second kappa shape index (κ2) is 12.0. The van der Waals surface area contributed by atoms with E-state index in [1.54, 1.807) is 18.2 Å². The van der Waals surface area contributed by atoms with Gasteiger partial charge in [0, 0.05) is 11.3 Å². The lowest BCUT2D eigenvalue weighted by molar-refractivity contribution is 0.0691. The number of aromatic nitrogens is 2. The molecule has 0 saturated carbocycles. The van der Waals surface area contributed by atoms with Gasteiger partial charge in [0.25, 0.3) is 0 Å². The Morgan fingerprint density at radius 3 is 2.36 bits per heavy atom. The smallest absolute Gasteiger partial charge is 0.354 e. The van der Waals surface area contributed by atoms with Gasteiger partial charge in [0.1, 0.15) is 35.3 Å². The van der Waals surface area contributed by atoms with Gasteiger partial charge < -0.3 is 14.4 Å². The average molecular weight is 627 g/mol. The van der Waals surface area contributed by atoms with Gasteiger partial charge >= 0.3 is 5.97 Å². The van der Waals surface area contributed by atoms with Gasteiger partial charge in [-0.1, -0.05) is 72.5 Å². The predicted molar refractivity (Wildman–Crippen MR) is 162 cm³/mol. The van der Waals surface area contributed by atoms with Gasteiger partial charge in [-0.05, 0) is 53.6 Å². The molecule has 12 heteroatoms.